The number of methoxy groups -OCH3 is 2. The molecule has 1 N–H and O–H groups in total. The number of nitrogens with one attached hydrogen (secondary N) is 1. The third-order valence-electron chi connectivity index (χ3n) is 3.08. The maximum Gasteiger partial charge on any atom is 0.255 e. The van der Waals surface area contributed by atoms with Crippen molar-refractivity contribution in [2.24, 2.45) is 0 Å². The molecule has 1 amide bonds. The largest absolute Gasteiger partial charge is 0.493 e. The van der Waals surface area contributed by atoms with E-state index in [4.69, 9.17) is 9.47 Å². The summed E-state index contributed by atoms with van der Waals surface area (Å²) in [7, 11) is 3.13. The zero-order chi connectivity index (χ0) is 15.4. The highest BCUT2D eigenvalue weighted by molar-refractivity contribution is 9.10. The van der Waals surface area contributed by atoms with Crippen LogP contribution in [0, 0.1) is 6.92 Å². The van der Waals surface area contributed by atoms with Gasteiger partial charge >= 0.3 is 0 Å². The van der Waals surface area contributed by atoms with Crippen molar-refractivity contribution < 1.29 is 14.3 Å². The Kier molecular flexibility index (Phi) is 4.85. The average Bonchev–Trinajstić information content (AvgIpc) is 2.49. The third-order valence-corrected chi connectivity index (χ3v) is 3.93. The normalized spacial score (nSPS) is 10.1. The summed E-state index contributed by atoms with van der Waals surface area (Å²) in [5, 5.41) is 2.84. The molecule has 0 saturated carbocycles. The molecule has 0 spiro atoms. The molecule has 21 heavy (non-hydrogen) atoms. The lowest BCUT2D eigenvalue weighted by Gasteiger charge is -2.11. The van der Waals surface area contributed by atoms with Gasteiger partial charge < -0.3 is 14.8 Å². The molecule has 0 aliphatic heterocycles. The zero-order valence-corrected chi connectivity index (χ0v) is 13.7. The van der Waals surface area contributed by atoms with E-state index in [-0.39, 0.29) is 5.91 Å². The molecule has 2 aromatic carbocycles. The van der Waals surface area contributed by atoms with Gasteiger partial charge in [0.2, 0.25) is 0 Å². The lowest BCUT2D eigenvalue weighted by molar-refractivity contribution is 0.102. The van der Waals surface area contributed by atoms with Crippen LogP contribution in [-0.2, 0) is 0 Å². The van der Waals surface area contributed by atoms with Crippen molar-refractivity contribution >= 4 is 27.5 Å². The number of halogens is 1. The highest BCUT2D eigenvalue weighted by atomic mass is 79.9. The molecule has 5 heteroatoms. The molecule has 0 aliphatic carbocycles. The van der Waals surface area contributed by atoms with Gasteiger partial charge in [-0.25, -0.2) is 0 Å². The summed E-state index contributed by atoms with van der Waals surface area (Å²) in [6.07, 6.45) is 0. The number of aryl methyl sites for hydroxylation is 1. The molecule has 0 heterocycles. The second kappa shape index (κ2) is 6.63. The molecule has 0 aromatic heterocycles. The number of ether oxygens (including phenoxy) is 2. The Morgan fingerprint density at radius 2 is 1.76 bits per heavy atom. The zero-order valence-electron chi connectivity index (χ0n) is 12.1. The van der Waals surface area contributed by atoms with Crippen molar-refractivity contribution in [3.8, 4) is 11.5 Å². The number of hydrogen-bond donors (Lipinski definition) is 1. The van der Waals surface area contributed by atoms with E-state index in [0.29, 0.717) is 22.7 Å². The summed E-state index contributed by atoms with van der Waals surface area (Å²) >= 11 is 3.42. The Morgan fingerprint density at radius 3 is 2.38 bits per heavy atom. The molecule has 2 rings (SSSR count). The fourth-order valence-electron chi connectivity index (χ4n) is 1.85. The van der Waals surface area contributed by atoms with E-state index in [9.17, 15) is 4.79 Å². The fourth-order valence-corrected chi connectivity index (χ4v) is 2.23. The van der Waals surface area contributed by atoms with Crippen molar-refractivity contribution in [1.82, 2.24) is 0 Å². The number of rotatable bonds is 4. The topological polar surface area (TPSA) is 47.6 Å². The van der Waals surface area contributed by atoms with E-state index in [1.165, 1.54) is 0 Å². The van der Waals surface area contributed by atoms with Crippen LogP contribution in [-0.4, -0.2) is 20.1 Å². The Bertz CT molecular complexity index is 671. The van der Waals surface area contributed by atoms with Gasteiger partial charge in [0.1, 0.15) is 0 Å². The lowest BCUT2D eigenvalue weighted by atomic mass is 10.1. The predicted molar refractivity (Wildman–Crippen MR) is 86.4 cm³/mol. The molecule has 0 bridgehead atoms. The standard InChI is InChI=1S/C16H16BrNO3/c1-10-4-5-11(8-13(10)17)16(19)18-12-6-7-14(20-2)15(9-12)21-3/h4-9H,1-3H3,(H,18,19). The van der Waals surface area contributed by atoms with Crippen molar-refractivity contribution in [2.75, 3.05) is 19.5 Å². The number of carbonyl (C=O) groups excluding carboxylic acids is 1. The Hall–Kier alpha value is -2.01. The van der Waals surface area contributed by atoms with Gasteiger partial charge in [-0.05, 0) is 36.8 Å². The van der Waals surface area contributed by atoms with E-state index in [2.05, 4.69) is 21.2 Å². The molecule has 4 nitrogen and oxygen atoms in total. The minimum absolute atomic E-state index is 0.178. The van der Waals surface area contributed by atoms with Crippen LogP contribution >= 0.6 is 15.9 Å². The van der Waals surface area contributed by atoms with E-state index >= 15 is 0 Å². The number of carbonyl (C=O) groups is 1. The number of anilines is 1. The third kappa shape index (κ3) is 3.55. The van der Waals surface area contributed by atoms with Gasteiger partial charge in [-0.15, -0.1) is 0 Å². The molecular weight excluding hydrogens is 334 g/mol. The molecule has 0 fully saturated rings. The molecule has 2 aromatic rings. The second-order valence-electron chi connectivity index (χ2n) is 4.49. The highest BCUT2D eigenvalue weighted by Gasteiger charge is 2.10. The molecule has 110 valence electrons. The molecule has 0 saturated heterocycles. The maximum atomic E-state index is 12.2. The Labute approximate surface area is 132 Å². The first-order chi connectivity index (χ1) is 10.0. The number of amides is 1. The number of hydrogen-bond acceptors (Lipinski definition) is 3. The average molecular weight is 350 g/mol. The minimum atomic E-state index is -0.178. The highest BCUT2D eigenvalue weighted by Crippen LogP contribution is 2.30. The van der Waals surface area contributed by atoms with Crippen molar-refractivity contribution in [2.45, 2.75) is 6.92 Å². The van der Waals surface area contributed by atoms with Crippen LogP contribution in [0.15, 0.2) is 40.9 Å². The van der Waals surface area contributed by atoms with Crippen LogP contribution < -0.4 is 14.8 Å². The predicted octanol–water partition coefficient (Wildman–Crippen LogP) is 4.03. The maximum absolute atomic E-state index is 12.2. The van der Waals surface area contributed by atoms with Crippen LogP contribution in [0.2, 0.25) is 0 Å². The quantitative estimate of drug-likeness (QED) is 0.906. The first-order valence-corrected chi connectivity index (χ1v) is 7.14. The molecule has 0 aliphatic rings. The summed E-state index contributed by atoms with van der Waals surface area (Å²) in [5.41, 5.74) is 2.31. The van der Waals surface area contributed by atoms with E-state index < -0.39 is 0 Å². The van der Waals surface area contributed by atoms with Crippen molar-refractivity contribution in [3.05, 3.63) is 52.0 Å². The second-order valence-corrected chi connectivity index (χ2v) is 5.34. The van der Waals surface area contributed by atoms with E-state index in [0.717, 1.165) is 10.0 Å². The SMILES string of the molecule is COc1ccc(NC(=O)c2ccc(C)c(Br)c2)cc1OC. The first kappa shape index (κ1) is 15.4. The summed E-state index contributed by atoms with van der Waals surface area (Å²) in [6.45, 7) is 1.97. The van der Waals surface area contributed by atoms with Crippen molar-refractivity contribution in [3.63, 3.8) is 0 Å². The monoisotopic (exact) mass is 349 g/mol. The van der Waals surface area contributed by atoms with Crippen LogP contribution in [0.3, 0.4) is 0 Å². The molecule has 0 atom stereocenters. The van der Waals surface area contributed by atoms with E-state index in [1.54, 1.807) is 44.6 Å². The van der Waals surface area contributed by atoms with Gasteiger partial charge in [-0.2, -0.15) is 0 Å². The van der Waals surface area contributed by atoms with Gasteiger partial charge in [0.25, 0.3) is 5.91 Å². The fraction of sp³-hybridized carbons (Fsp3) is 0.188. The summed E-state index contributed by atoms with van der Waals surface area (Å²) in [4.78, 5) is 12.2. The van der Waals surface area contributed by atoms with Gasteiger partial charge in [0, 0.05) is 21.8 Å². The van der Waals surface area contributed by atoms with Gasteiger partial charge in [0.05, 0.1) is 14.2 Å². The van der Waals surface area contributed by atoms with E-state index in [1.807, 2.05) is 13.0 Å². The van der Waals surface area contributed by atoms with Crippen LogP contribution in [0.1, 0.15) is 15.9 Å². The molecular formula is C16H16BrNO3. The molecule has 0 radical (unpaired) electrons. The summed E-state index contributed by atoms with van der Waals surface area (Å²) < 4.78 is 11.3. The van der Waals surface area contributed by atoms with Crippen LogP contribution in [0.25, 0.3) is 0 Å². The van der Waals surface area contributed by atoms with Crippen molar-refractivity contribution in [1.29, 1.82) is 0 Å². The van der Waals surface area contributed by atoms with Crippen LogP contribution in [0.4, 0.5) is 5.69 Å². The number of benzene rings is 2. The minimum Gasteiger partial charge on any atom is -0.493 e. The summed E-state index contributed by atoms with van der Waals surface area (Å²) in [6, 6.07) is 10.7. The van der Waals surface area contributed by atoms with Gasteiger partial charge in [-0.1, -0.05) is 22.0 Å². The Balaban J connectivity index is 2.21. The Morgan fingerprint density at radius 1 is 1.05 bits per heavy atom. The summed E-state index contributed by atoms with van der Waals surface area (Å²) in [5.74, 6) is 1.01. The molecule has 0 unspecified atom stereocenters. The van der Waals surface area contributed by atoms with Crippen LogP contribution in [0.5, 0.6) is 11.5 Å². The van der Waals surface area contributed by atoms with Gasteiger partial charge in [0.15, 0.2) is 11.5 Å². The lowest BCUT2D eigenvalue weighted by Crippen LogP contribution is -2.12. The smallest absolute Gasteiger partial charge is 0.255 e. The first-order valence-electron chi connectivity index (χ1n) is 6.34. The van der Waals surface area contributed by atoms with Gasteiger partial charge in [-0.3, -0.25) is 4.79 Å².